The van der Waals surface area contributed by atoms with Crippen LogP contribution in [-0.2, 0) is 0 Å². The predicted octanol–water partition coefficient (Wildman–Crippen LogP) is 0.830. The molecule has 1 saturated heterocycles. The minimum Gasteiger partial charge on any atom is -0.392 e. The van der Waals surface area contributed by atoms with Gasteiger partial charge in [-0.2, -0.15) is 0 Å². The molecule has 14 heavy (non-hydrogen) atoms. The molecule has 0 amide bonds. The van der Waals surface area contributed by atoms with Gasteiger partial charge in [0.05, 0.1) is 6.10 Å². The second-order valence-corrected chi connectivity index (χ2v) is 4.43. The Balaban J connectivity index is 2.52. The fraction of sp³-hybridized carbons (Fsp3) is 1.00. The molecular formula is C11H24N2O. The first-order valence-corrected chi connectivity index (χ1v) is 5.75. The molecule has 1 rings (SSSR count). The number of aliphatic hydroxyl groups excluding tert-OH is 1. The number of likely N-dealkylation sites (N-methyl/N-ethyl adjacent to an activating group) is 1. The van der Waals surface area contributed by atoms with Gasteiger partial charge in [0.15, 0.2) is 0 Å². The quantitative estimate of drug-likeness (QED) is 0.705. The summed E-state index contributed by atoms with van der Waals surface area (Å²) in [6.45, 7) is 6.18. The fourth-order valence-electron chi connectivity index (χ4n) is 2.29. The van der Waals surface area contributed by atoms with Gasteiger partial charge in [0.2, 0.25) is 0 Å². The Morgan fingerprint density at radius 3 is 2.71 bits per heavy atom. The average Bonchev–Trinajstić information content (AvgIpc) is 2.18. The molecule has 3 atom stereocenters. The van der Waals surface area contributed by atoms with E-state index in [1.807, 2.05) is 14.0 Å². The van der Waals surface area contributed by atoms with Crippen LogP contribution in [0.3, 0.4) is 0 Å². The zero-order valence-corrected chi connectivity index (χ0v) is 9.66. The molecule has 0 saturated carbocycles. The molecule has 2 N–H and O–H groups in total. The molecule has 0 aromatic carbocycles. The molecule has 1 aliphatic rings. The van der Waals surface area contributed by atoms with Crippen molar-refractivity contribution in [2.45, 2.75) is 51.3 Å². The molecule has 0 bridgehead atoms. The van der Waals surface area contributed by atoms with Gasteiger partial charge in [0, 0.05) is 18.6 Å². The van der Waals surface area contributed by atoms with Gasteiger partial charge in [-0.1, -0.05) is 6.42 Å². The van der Waals surface area contributed by atoms with E-state index in [1.165, 1.54) is 19.3 Å². The molecular weight excluding hydrogens is 176 g/mol. The number of nitrogens with one attached hydrogen (secondary N) is 1. The lowest BCUT2D eigenvalue weighted by Crippen LogP contribution is -2.52. The zero-order valence-electron chi connectivity index (χ0n) is 9.66. The van der Waals surface area contributed by atoms with Crippen molar-refractivity contribution in [2.75, 3.05) is 20.1 Å². The first-order valence-electron chi connectivity index (χ1n) is 5.75. The van der Waals surface area contributed by atoms with Crippen LogP contribution >= 0.6 is 0 Å². The van der Waals surface area contributed by atoms with Crippen LogP contribution in [0, 0.1) is 0 Å². The SMILES string of the molecule is CNCC1CCCCN1C(C)C(C)O. The summed E-state index contributed by atoms with van der Waals surface area (Å²) in [5.74, 6) is 0. The van der Waals surface area contributed by atoms with E-state index in [0.717, 1.165) is 13.1 Å². The maximum Gasteiger partial charge on any atom is 0.0664 e. The van der Waals surface area contributed by atoms with Gasteiger partial charge in [0.1, 0.15) is 0 Å². The van der Waals surface area contributed by atoms with Crippen molar-refractivity contribution < 1.29 is 5.11 Å². The molecule has 0 radical (unpaired) electrons. The van der Waals surface area contributed by atoms with Crippen molar-refractivity contribution in [3.05, 3.63) is 0 Å². The standard InChI is InChI=1S/C11H24N2O/c1-9(10(2)14)13-7-5-4-6-11(13)8-12-3/h9-12,14H,4-8H2,1-3H3. The largest absolute Gasteiger partial charge is 0.392 e. The van der Waals surface area contributed by atoms with Gasteiger partial charge in [-0.15, -0.1) is 0 Å². The maximum absolute atomic E-state index is 9.60. The third-order valence-electron chi connectivity index (χ3n) is 3.33. The second-order valence-electron chi connectivity index (χ2n) is 4.43. The monoisotopic (exact) mass is 200 g/mol. The van der Waals surface area contributed by atoms with E-state index in [4.69, 9.17) is 0 Å². The van der Waals surface area contributed by atoms with Crippen LogP contribution in [0.25, 0.3) is 0 Å². The lowest BCUT2D eigenvalue weighted by atomic mass is 9.98. The molecule has 1 heterocycles. The number of hydrogen-bond donors (Lipinski definition) is 2. The second kappa shape index (κ2) is 5.69. The van der Waals surface area contributed by atoms with Gasteiger partial charge in [0.25, 0.3) is 0 Å². The Morgan fingerprint density at radius 1 is 1.43 bits per heavy atom. The number of piperidine rings is 1. The van der Waals surface area contributed by atoms with Crippen molar-refractivity contribution in [1.82, 2.24) is 10.2 Å². The van der Waals surface area contributed by atoms with Gasteiger partial charge < -0.3 is 10.4 Å². The number of nitrogens with zero attached hydrogens (tertiary/aromatic N) is 1. The Labute approximate surface area is 87.5 Å². The van der Waals surface area contributed by atoms with Crippen LogP contribution in [0.2, 0.25) is 0 Å². The summed E-state index contributed by atoms with van der Waals surface area (Å²) in [7, 11) is 2.00. The number of hydrogen-bond acceptors (Lipinski definition) is 3. The molecule has 3 nitrogen and oxygen atoms in total. The minimum atomic E-state index is -0.229. The van der Waals surface area contributed by atoms with E-state index < -0.39 is 0 Å². The summed E-state index contributed by atoms with van der Waals surface area (Å²) in [6.07, 6.45) is 3.64. The summed E-state index contributed by atoms with van der Waals surface area (Å²) in [6, 6.07) is 0.895. The van der Waals surface area contributed by atoms with Crippen LogP contribution in [-0.4, -0.2) is 48.3 Å². The average molecular weight is 200 g/mol. The van der Waals surface area contributed by atoms with E-state index >= 15 is 0 Å². The van der Waals surface area contributed by atoms with Crippen LogP contribution in [0.4, 0.5) is 0 Å². The molecule has 0 spiro atoms. The van der Waals surface area contributed by atoms with Gasteiger partial charge in [-0.25, -0.2) is 0 Å². The summed E-state index contributed by atoms with van der Waals surface area (Å²) >= 11 is 0. The van der Waals surface area contributed by atoms with Crippen LogP contribution in [0.5, 0.6) is 0 Å². The normalized spacial score (nSPS) is 28.7. The van der Waals surface area contributed by atoms with E-state index in [2.05, 4.69) is 17.1 Å². The Morgan fingerprint density at radius 2 is 2.14 bits per heavy atom. The molecule has 0 aliphatic carbocycles. The molecule has 3 heteroatoms. The molecule has 1 aliphatic heterocycles. The fourth-order valence-corrected chi connectivity index (χ4v) is 2.29. The minimum absolute atomic E-state index is 0.229. The van der Waals surface area contributed by atoms with Crippen molar-refractivity contribution >= 4 is 0 Å². The first kappa shape index (κ1) is 12.0. The zero-order chi connectivity index (χ0) is 10.6. The van der Waals surface area contributed by atoms with Crippen LogP contribution in [0.1, 0.15) is 33.1 Å². The summed E-state index contributed by atoms with van der Waals surface area (Å²) in [5, 5.41) is 12.8. The molecule has 0 aromatic heterocycles. The Bertz CT molecular complexity index is 159. The Hall–Kier alpha value is -0.120. The maximum atomic E-state index is 9.60. The number of likely N-dealkylation sites (tertiary alicyclic amines) is 1. The summed E-state index contributed by atoms with van der Waals surface area (Å²) in [5.41, 5.74) is 0. The van der Waals surface area contributed by atoms with E-state index in [9.17, 15) is 5.11 Å². The third kappa shape index (κ3) is 2.94. The third-order valence-corrected chi connectivity index (χ3v) is 3.33. The van der Waals surface area contributed by atoms with Crippen molar-refractivity contribution in [1.29, 1.82) is 0 Å². The van der Waals surface area contributed by atoms with E-state index in [1.54, 1.807) is 0 Å². The highest BCUT2D eigenvalue weighted by Gasteiger charge is 2.27. The van der Waals surface area contributed by atoms with E-state index in [0.29, 0.717) is 6.04 Å². The summed E-state index contributed by atoms with van der Waals surface area (Å²) < 4.78 is 0. The van der Waals surface area contributed by atoms with Gasteiger partial charge in [-0.3, -0.25) is 4.90 Å². The highest BCUT2D eigenvalue weighted by atomic mass is 16.3. The smallest absolute Gasteiger partial charge is 0.0664 e. The van der Waals surface area contributed by atoms with Crippen LogP contribution in [0.15, 0.2) is 0 Å². The highest BCUT2D eigenvalue weighted by molar-refractivity contribution is 4.84. The number of aliphatic hydroxyl groups is 1. The Kier molecular flexibility index (Phi) is 4.85. The predicted molar refractivity (Wildman–Crippen MR) is 59.4 cm³/mol. The highest BCUT2D eigenvalue weighted by Crippen LogP contribution is 2.20. The lowest BCUT2D eigenvalue weighted by molar-refractivity contribution is 0.0256. The van der Waals surface area contributed by atoms with Crippen molar-refractivity contribution in [3.63, 3.8) is 0 Å². The molecule has 3 unspecified atom stereocenters. The number of rotatable bonds is 4. The molecule has 1 fully saturated rings. The van der Waals surface area contributed by atoms with Crippen LogP contribution < -0.4 is 5.32 Å². The van der Waals surface area contributed by atoms with Crippen molar-refractivity contribution in [2.24, 2.45) is 0 Å². The van der Waals surface area contributed by atoms with Gasteiger partial charge >= 0.3 is 0 Å². The first-order chi connectivity index (χ1) is 6.66. The summed E-state index contributed by atoms with van der Waals surface area (Å²) in [4.78, 5) is 2.45. The lowest BCUT2D eigenvalue weighted by Gasteiger charge is -2.41. The van der Waals surface area contributed by atoms with Crippen molar-refractivity contribution in [3.8, 4) is 0 Å². The molecule has 0 aromatic rings. The van der Waals surface area contributed by atoms with Gasteiger partial charge in [-0.05, 0) is 40.3 Å². The van der Waals surface area contributed by atoms with E-state index in [-0.39, 0.29) is 12.1 Å². The topological polar surface area (TPSA) is 35.5 Å². The molecule has 84 valence electrons.